The number of aromatic nitrogens is 1. The van der Waals surface area contributed by atoms with Crippen LogP contribution in [0.15, 0.2) is 42.6 Å². The number of piperazine rings is 1. The van der Waals surface area contributed by atoms with Gasteiger partial charge in [0.25, 0.3) is 0 Å². The van der Waals surface area contributed by atoms with Crippen LogP contribution in [0.4, 0.5) is 10.2 Å². The monoisotopic (exact) mass is 366 g/mol. The summed E-state index contributed by atoms with van der Waals surface area (Å²) in [5.74, 6) is 0.730. The van der Waals surface area contributed by atoms with Gasteiger partial charge in [-0.1, -0.05) is 12.1 Å². The van der Waals surface area contributed by atoms with Crippen molar-refractivity contribution in [3.05, 3.63) is 59.5 Å². The van der Waals surface area contributed by atoms with Gasteiger partial charge in [0.2, 0.25) is 0 Å². The first-order valence-corrected chi connectivity index (χ1v) is 9.36. The number of anilines is 1. The van der Waals surface area contributed by atoms with Gasteiger partial charge in [0.15, 0.2) is 0 Å². The van der Waals surface area contributed by atoms with E-state index >= 15 is 0 Å². The summed E-state index contributed by atoms with van der Waals surface area (Å²) in [5.41, 5.74) is 1.49. The zero-order valence-corrected chi connectivity index (χ0v) is 15.3. The largest absolute Gasteiger partial charge is 0.380 e. The second kappa shape index (κ2) is 7.63. The number of nitrogens with zero attached hydrogens (tertiary/aromatic N) is 4. The number of ether oxygens (including phenoxy) is 1. The highest BCUT2D eigenvalue weighted by Gasteiger charge is 2.39. The van der Waals surface area contributed by atoms with E-state index in [0.29, 0.717) is 12.2 Å². The summed E-state index contributed by atoms with van der Waals surface area (Å²) in [6.07, 6.45) is 2.55. The normalized spacial score (nSPS) is 23.3. The minimum Gasteiger partial charge on any atom is -0.380 e. The lowest BCUT2D eigenvalue weighted by atomic mass is 9.79. The molecule has 0 spiro atoms. The van der Waals surface area contributed by atoms with Crippen LogP contribution in [0.2, 0.25) is 0 Å². The second-order valence-electron chi connectivity index (χ2n) is 7.37. The molecule has 6 heteroatoms. The van der Waals surface area contributed by atoms with Gasteiger partial charge in [-0.25, -0.2) is 9.37 Å². The van der Waals surface area contributed by atoms with E-state index in [-0.39, 0.29) is 11.2 Å². The molecule has 0 radical (unpaired) electrons. The molecule has 2 aliphatic heterocycles. The first-order chi connectivity index (χ1) is 13.2. The molecule has 0 saturated carbocycles. The third-order valence-corrected chi connectivity index (χ3v) is 5.64. The fraction of sp³-hybridized carbons (Fsp3) is 0.429. The highest BCUT2D eigenvalue weighted by Crippen LogP contribution is 2.35. The lowest BCUT2D eigenvalue weighted by Gasteiger charge is -2.40. The van der Waals surface area contributed by atoms with Gasteiger partial charge >= 0.3 is 0 Å². The summed E-state index contributed by atoms with van der Waals surface area (Å²) in [6, 6.07) is 12.8. The van der Waals surface area contributed by atoms with Crippen LogP contribution in [0.1, 0.15) is 17.5 Å². The molecule has 2 saturated heterocycles. The Hall–Kier alpha value is -2.49. The Bertz CT molecular complexity index is 819. The van der Waals surface area contributed by atoms with Gasteiger partial charge in [-0.15, -0.1) is 0 Å². The number of pyridine rings is 1. The molecule has 140 valence electrons. The van der Waals surface area contributed by atoms with Gasteiger partial charge in [0, 0.05) is 50.9 Å². The molecule has 3 heterocycles. The molecule has 0 N–H and O–H groups in total. The van der Waals surface area contributed by atoms with E-state index in [1.54, 1.807) is 18.3 Å². The number of hydrogen-bond donors (Lipinski definition) is 0. The van der Waals surface area contributed by atoms with Crippen molar-refractivity contribution in [1.82, 2.24) is 9.88 Å². The van der Waals surface area contributed by atoms with E-state index < -0.39 is 0 Å². The van der Waals surface area contributed by atoms with E-state index in [9.17, 15) is 4.39 Å². The van der Waals surface area contributed by atoms with Crippen molar-refractivity contribution in [1.29, 1.82) is 5.26 Å². The molecule has 1 atom stereocenters. The lowest BCUT2D eigenvalue weighted by Crippen LogP contribution is -2.51. The lowest BCUT2D eigenvalue weighted by molar-refractivity contribution is 0.146. The fourth-order valence-corrected chi connectivity index (χ4v) is 4.07. The maximum absolute atomic E-state index is 13.8. The average molecular weight is 366 g/mol. The molecule has 1 aromatic carbocycles. The van der Waals surface area contributed by atoms with E-state index in [1.807, 2.05) is 18.2 Å². The predicted molar refractivity (Wildman–Crippen MR) is 101 cm³/mol. The Balaban J connectivity index is 1.42. The molecule has 0 unspecified atom stereocenters. The number of benzene rings is 1. The molecular weight excluding hydrogens is 343 g/mol. The molecule has 5 nitrogen and oxygen atoms in total. The van der Waals surface area contributed by atoms with Crippen molar-refractivity contribution in [3.8, 4) is 6.07 Å². The first-order valence-electron chi connectivity index (χ1n) is 9.36. The summed E-state index contributed by atoms with van der Waals surface area (Å²) in [6.45, 7) is 5.89. The van der Waals surface area contributed by atoms with Crippen LogP contribution in [-0.4, -0.2) is 55.8 Å². The molecule has 27 heavy (non-hydrogen) atoms. The Labute approximate surface area is 159 Å². The molecule has 1 aromatic heterocycles. The van der Waals surface area contributed by atoms with Gasteiger partial charge in [0.1, 0.15) is 17.7 Å². The first kappa shape index (κ1) is 17.9. The summed E-state index contributed by atoms with van der Waals surface area (Å²) >= 11 is 0. The molecule has 2 fully saturated rings. The molecule has 2 aliphatic rings. The standard InChI is InChI=1S/C21H23FN4O/c22-19-3-1-2-18(12-19)21(6-11-27-16-21)15-25-7-9-26(10-8-25)20-5-4-17(13-23)14-24-20/h1-5,12,14H,6-11,15-16H2/t21-/m0/s1. The van der Waals surface area contributed by atoms with Crippen LogP contribution in [0.3, 0.4) is 0 Å². The van der Waals surface area contributed by atoms with E-state index in [0.717, 1.165) is 57.1 Å². The molecule has 0 bridgehead atoms. The Morgan fingerprint density at radius 2 is 2.04 bits per heavy atom. The van der Waals surface area contributed by atoms with Crippen LogP contribution >= 0.6 is 0 Å². The van der Waals surface area contributed by atoms with Gasteiger partial charge in [-0.2, -0.15) is 5.26 Å². The van der Waals surface area contributed by atoms with Crippen LogP contribution < -0.4 is 4.90 Å². The third kappa shape index (κ3) is 3.80. The van der Waals surface area contributed by atoms with Crippen LogP contribution in [0, 0.1) is 17.1 Å². The summed E-state index contributed by atoms with van der Waals surface area (Å²) < 4.78 is 19.5. The van der Waals surface area contributed by atoms with Crippen molar-refractivity contribution in [2.45, 2.75) is 11.8 Å². The predicted octanol–water partition coefficient (Wildman–Crippen LogP) is 2.57. The van der Waals surface area contributed by atoms with Gasteiger partial charge < -0.3 is 9.64 Å². The highest BCUT2D eigenvalue weighted by atomic mass is 19.1. The smallest absolute Gasteiger partial charge is 0.128 e. The van der Waals surface area contributed by atoms with Gasteiger partial charge in [-0.3, -0.25) is 4.90 Å². The third-order valence-electron chi connectivity index (χ3n) is 5.64. The maximum Gasteiger partial charge on any atom is 0.128 e. The van der Waals surface area contributed by atoms with Crippen LogP contribution in [0.5, 0.6) is 0 Å². The zero-order valence-electron chi connectivity index (χ0n) is 15.3. The number of halogens is 1. The molecule has 4 rings (SSSR count). The highest BCUT2D eigenvalue weighted by molar-refractivity contribution is 5.42. The van der Waals surface area contributed by atoms with E-state index in [2.05, 4.69) is 20.9 Å². The molecule has 0 aliphatic carbocycles. The van der Waals surface area contributed by atoms with Crippen LogP contribution in [0.25, 0.3) is 0 Å². The van der Waals surface area contributed by atoms with Gasteiger partial charge in [-0.05, 0) is 36.2 Å². The van der Waals surface area contributed by atoms with E-state index in [4.69, 9.17) is 10.00 Å². The number of hydrogen-bond acceptors (Lipinski definition) is 5. The molecular formula is C21H23FN4O. The fourth-order valence-electron chi connectivity index (χ4n) is 4.07. The Morgan fingerprint density at radius 1 is 1.19 bits per heavy atom. The number of rotatable bonds is 4. The SMILES string of the molecule is N#Cc1ccc(N2CCN(C[C@@]3(c4cccc(F)c4)CCOC3)CC2)nc1. The summed E-state index contributed by atoms with van der Waals surface area (Å²) in [5, 5.41) is 8.90. The Morgan fingerprint density at radius 3 is 2.67 bits per heavy atom. The van der Waals surface area contributed by atoms with E-state index in [1.165, 1.54) is 6.07 Å². The van der Waals surface area contributed by atoms with Crippen molar-refractivity contribution in [2.75, 3.05) is 50.8 Å². The van der Waals surface area contributed by atoms with Crippen molar-refractivity contribution in [2.24, 2.45) is 0 Å². The van der Waals surface area contributed by atoms with Gasteiger partial charge in [0.05, 0.1) is 12.2 Å². The Kier molecular flexibility index (Phi) is 5.06. The maximum atomic E-state index is 13.8. The second-order valence-corrected chi connectivity index (χ2v) is 7.37. The topological polar surface area (TPSA) is 52.4 Å². The van der Waals surface area contributed by atoms with Crippen molar-refractivity contribution >= 4 is 5.82 Å². The average Bonchev–Trinajstić information content (AvgIpc) is 3.18. The van der Waals surface area contributed by atoms with Crippen molar-refractivity contribution in [3.63, 3.8) is 0 Å². The minimum atomic E-state index is -0.185. The van der Waals surface area contributed by atoms with Crippen molar-refractivity contribution < 1.29 is 9.13 Å². The molecule has 0 amide bonds. The van der Waals surface area contributed by atoms with Crippen LogP contribution in [-0.2, 0) is 10.2 Å². The minimum absolute atomic E-state index is 0.128. The number of nitriles is 1. The zero-order chi connectivity index (χ0) is 18.7. The molecule has 2 aromatic rings. The summed E-state index contributed by atoms with van der Waals surface area (Å²) in [4.78, 5) is 9.09. The quantitative estimate of drug-likeness (QED) is 0.832. The summed E-state index contributed by atoms with van der Waals surface area (Å²) in [7, 11) is 0.